The maximum Gasteiger partial charge on any atom is 0.250 e. The SMILES string of the molecule is COC1(c2cncc(C(N)=O)c2)C2CCCC1CN([C@H]1C[C@@H](OC)C1)C2. The van der Waals surface area contributed by atoms with Crippen molar-refractivity contribution in [1.82, 2.24) is 9.88 Å². The Morgan fingerprint density at radius 3 is 2.50 bits per heavy atom. The number of nitrogens with zero attached hydrogens (tertiary/aromatic N) is 2. The highest BCUT2D eigenvalue weighted by atomic mass is 16.5. The number of primary amides is 1. The van der Waals surface area contributed by atoms with Crippen molar-refractivity contribution in [1.29, 1.82) is 0 Å². The highest BCUT2D eigenvalue weighted by Gasteiger charge is 2.55. The van der Waals surface area contributed by atoms with Gasteiger partial charge in [-0.25, -0.2) is 0 Å². The standard InChI is InChI=1S/C20H29N3O3/c1-25-18-7-17(8-18)23-11-14-4-3-5-15(12-23)20(14,26-2)16-6-13(19(21)24)9-22-10-16/h6,9-10,14-15,17-18H,3-5,7-8,11-12H2,1-2H3,(H2,21,24)/t14?,15?,17-,18+,20?. The number of ether oxygens (including phenoxy) is 2. The van der Waals surface area contributed by atoms with Crippen LogP contribution in [0, 0.1) is 11.8 Å². The third kappa shape index (κ3) is 2.75. The minimum absolute atomic E-state index is 0.363. The predicted molar refractivity (Wildman–Crippen MR) is 97.7 cm³/mol. The van der Waals surface area contributed by atoms with Gasteiger partial charge < -0.3 is 15.2 Å². The lowest BCUT2D eigenvalue weighted by atomic mass is 9.62. The van der Waals surface area contributed by atoms with Crippen molar-refractivity contribution in [2.24, 2.45) is 17.6 Å². The molecule has 2 saturated carbocycles. The average molecular weight is 359 g/mol. The van der Waals surface area contributed by atoms with Gasteiger partial charge in [-0.15, -0.1) is 0 Å². The van der Waals surface area contributed by atoms with E-state index < -0.39 is 5.91 Å². The summed E-state index contributed by atoms with van der Waals surface area (Å²) < 4.78 is 11.7. The number of aromatic nitrogens is 1. The number of methoxy groups -OCH3 is 2. The van der Waals surface area contributed by atoms with Crippen molar-refractivity contribution in [2.45, 2.75) is 49.9 Å². The number of piperidine rings is 1. The van der Waals surface area contributed by atoms with Gasteiger partial charge in [-0.3, -0.25) is 14.7 Å². The monoisotopic (exact) mass is 359 g/mol. The largest absolute Gasteiger partial charge is 0.381 e. The quantitative estimate of drug-likeness (QED) is 0.869. The zero-order valence-electron chi connectivity index (χ0n) is 15.7. The fraction of sp³-hybridized carbons (Fsp3) is 0.700. The van der Waals surface area contributed by atoms with Crippen LogP contribution in [0.2, 0.25) is 0 Å². The lowest BCUT2D eigenvalue weighted by molar-refractivity contribution is -0.183. The number of carbonyl (C=O) groups excluding carboxylic acids is 1. The van der Waals surface area contributed by atoms with Crippen molar-refractivity contribution in [3.63, 3.8) is 0 Å². The highest BCUT2D eigenvalue weighted by Crippen LogP contribution is 2.52. The molecule has 1 aromatic rings. The van der Waals surface area contributed by atoms with E-state index in [9.17, 15) is 4.79 Å². The molecule has 4 rings (SSSR count). The van der Waals surface area contributed by atoms with E-state index >= 15 is 0 Å². The summed E-state index contributed by atoms with van der Waals surface area (Å²) in [5.74, 6) is 0.381. The summed E-state index contributed by atoms with van der Waals surface area (Å²) in [6.07, 6.45) is 9.61. The number of hydrogen-bond acceptors (Lipinski definition) is 5. The Morgan fingerprint density at radius 1 is 1.23 bits per heavy atom. The van der Waals surface area contributed by atoms with E-state index in [0.29, 0.717) is 29.5 Å². The van der Waals surface area contributed by atoms with E-state index in [0.717, 1.165) is 44.3 Å². The number of carbonyl (C=O) groups is 1. The van der Waals surface area contributed by atoms with Gasteiger partial charge in [-0.2, -0.15) is 0 Å². The molecule has 1 saturated heterocycles. The first-order chi connectivity index (χ1) is 12.6. The molecular formula is C20H29N3O3. The Balaban J connectivity index is 1.62. The van der Waals surface area contributed by atoms with Crippen LogP contribution in [0.5, 0.6) is 0 Å². The lowest BCUT2D eigenvalue weighted by Gasteiger charge is -2.58. The summed E-state index contributed by atoms with van der Waals surface area (Å²) in [4.78, 5) is 18.6. The number of fused-ring (bicyclic) bond motifs is 2. The molecule has 3 fully saturated rings. The van der Waals surface area contributed by atoms with Gasteiger partial charge in [0.15, 0.2) is 0 Å². The lowest BCUT2D eigenvalue weighted by Crippen LogP contribution is -2.63. The van der Waals surface area contributed by atoms with E-state index in [4.69, 9.17) is 15.2 Å². The molecular weight excluding hydrogens is 330 g/mol. The molecule has 3 aliphatic rings. The number of pyridine rings is 1. The molecule has 1 aliphatic heterocycles. The first-order valence-electron chi connectivity index (χ1n) is 9.65. The van der Waals surface area contributed by atoms with Gasteiger partial charge in [0.1, 0.15) is 5.60 Å². The molecule has 2 aliphatic carbocycles. The molecule has 0 aromatic carbocycles. The molecule has 6 heteroatoms. The zero-order chi connectivity index (χ0) is 18.3. The smallest absolute Gasteiger partial charge is 0.250 e. The minimum atomic E-state index is -0.437. The summed E-state index contributed by atoms with van der Waals surface area (Å²) in [6, 6.07) is 2.53. The number of amides is 1. The van der Waals surface area contributed by atoms with Crippen LogP contribution >= 0.6 is 0 Å². The van der Waals surface area contributed by atoms with Crippen molar-refractivity contribution in [2.75, 3.05) is 27.3 Å². The van der Waals surface area contributed by atoms with Crippen molar-refractivity contribution in [3.8, 4) is 0 Å². The molecule has 2 atom stereocenters. The van der Waals surface area contributed by atoms with Gasteiger partial charge in [0.2, 0.25) is 5.91 Å². The third-order valence-corrected chi connectivity index (χ3v) is 6.96. The third-order valence-electron chi connectivity index (χ3n) is 6.96. The van der Waals surface area contributed by atoms with E-state index in [1.54, 1.807) is 13.3 Å². The van der Waals surface area contributed by atoms with Gasteiger partial charge in [0, 0.05) is 63.1 Å². The van der Waals surface area contributed by atoms with E-state index in [-0.39, 0.29) is 5.60 Å². The van der Waals surface area contributed by atoms with Gasteiger partial charge >= 0.3 is 0 Å². The van der Waals surface area contributed by atoms with Crippen LogP contribution < -0.4 is 5.73 Å². The Morgan fingerprint density at radius 2 is 1.92 bits per heavy atom. The second-order valence-corrected chi connectivity index (χ2v) is 8.09. The van der Waals surface area contributed by atoms with Gasteiger partial charge in [0.25, 0.3) is 0 Å². The summed E-state index contributed by atoms with van der Waals surface area (Å²) in [5.41, 5.74) is 6.59. The van der Waals surface area contributed by atoms with Crippen molar-refractivity contribution < 1.29 is 14.3 Å². The number of rotatable bonds is 5. The molecule has 142 valence electrons. The van der Waals surface area contributed by atoms with Crippen molar-refractivity contribution >= 4 is 5.91 Å². The van der Waals surface area contributed by atoms with Crippen LogP contribution in [0.25, 0.3) is 0 Å². The topological polar surface area (TPSA) is 77.7 Å². The maximum absolute atomic E-state index is 11.6. The summed E-state index contributed by atoms with van der Waals surface area (Å²) in [7, 11) is 3.61. The first-order valence-corrected chi connectivity index (χ1v) is 9.65. The fourth-order valence-electron chi connectivity index (χ4n) is 5.50. The molecule has 26 heavy (non-hydrogen) atoms. The van der Waals surface area contributed by atoms with Crippen molar-refractivity contribution in [3.05, 3.63) is 29.6 Å². The van der Waals surface area contributed by atoms with E-state index in [1.807, 2.05) is 19.4 Å². The molecule has 2 N–H and O–H groups in total. The fourth-order valence-corrected chi connectivity index (χ4v) is 5.50. The van der Waals surface area contributed by atoms with Crippen LogP contribution in [0.4, 0.5) is 0 Å². The first kappa shape index (κ1) is 17.9. The van der Waals surface area contributed by atoms with E-state index in [2.05, 4.69) is 9.88 Å². The highest BCUT2D eigenvalue weighted by molar-refractivity contribution is 5.92. The number of nitrogens with two attached hydrogens (primary N) is 1. The van der Waals surface area contributed by atoms with Crippen LogP contribution in [-0.4, -0.2) is 55.2 Å². The molecule has 6 nitrogen and oxygen atoms in total. The van der Waals surface area contributed by atoms with Crippen LogP contribution in [0.3, 0.4) is 0 Å². The molecule has 0 radical (unpaired) electrons. The molecule has 2 unspecified atom stereocenters. The van der Waals surface area contributed by atoms with Gasteiger partial charge in [-0.1, -0.05) is 6.42 Å². The summed E-state index contributed by atoms with van der Waals surface area (Å²) >= 11 is 0. The number of likely N-dealkylation sites (tertiary alicyclic amines) is 1. The second-order valence-electron chi connectivity index (χ2n) is 8.09. The maximum atomic E-state index is 11.6. The molecule has 1 amide bonds. The predicted octanol–water partition coefficient (Wildman–Crippen LogP) is 1.93. The Kier molecular flexibility index (Phi) is 4.75. The zero-order valence-corrected chi connectivity index (χ0v) is 15.7. The van der Waals surface area contributed by atoms with Crippen LogP contribution in [-0.2, 0) is 15.1 Å². The summed E-state index contributed by atoms with van der Waals surface area (Å²) in [5, 5.41) is 0. The Labute approximate surface area is 155 Å². The van der Waals surface area contributed by atoms with Gasteiger partial charge in [-0.05, 0) is 31.7 Å². The number of hydrogen-bond donors (Lipinski definition) is 1. The van der Waals surface area contributed by atoms with Crippen LogP contribution in [0.15, 0.2) is 18.5 Å². The van der Waals surface area contributed by atoms with Gasteiger partial charge in [0.05, 0.1) is 11.7 Å². The minimum Gasteiger partial charge on any atom is -0.381 e. The molecule has 0 spiro atoms. The Bertz CT molecular complexity index is 660. The normalized spacial score (nSPS) is 37.2. The van der Waals surface area contributed by atoms with Crippen LogP contribution in [0.1, 0.15) is 48.0 Å². The second kappa shape index (κ2) is 6.91. The van der Waals surface area contributed by atoms with E-state index in [1.165, 1.54) is 6.42 Å². The average Bonchev–Trinajstić information content (AvgIpc) is 2.60. The Hall–Kier alpha value is -1.50. The summed E-state index contributed by atoms with van der Waals surface area (Å²) in [6.45, 7) is 2.07. The molecule has 2 bridgehead atoms. The molecule has 1 aromatic heterocycles. The molecule has 2 heterocycles.